The van der Waals surface area contributed by atoms with Gasteiger partial charge in [0.25, 0.3) is 0 Å². The highest BCUT2D eigenvalue weighted by Crippen LogP contribution is 2.26. The number of aryl methyl sites for hydroxylation is 1. The molecule has 3 rings (SSSR count). The minimum Gasteiger partial charge on any atom is -0.441 e. The van der Waals surface area contributed by atoms with Crippen LogP contribution in [0.4, 0.5) is 0 Å². The van der Waals surface area contributed by atoms with Gasteiger partial charge >= 0.3 is 0 Å². The molecule has 22 heavy (non-hydrogen) atoms. The summed E-state index contributed by atoms with van der Waals surface area (Å²) in [6.45, 7) is 4.96. The average Bonchev–Trinajstić information content (AvgIpc) is 2.89. The first-order valence-electron chi connectivity index (χ1n) is 7.71. The number of likely N-dealkylation sites (tertiary alicyclic amines) is 1. The number of rotatable bonds is 4. The molecule has 118 valence electrons. The number of aliphatic hydroxyl groups is 1. The highest BCUT2D eigenvalue weighted by molar-refractivity contribution is 6.30. The monoisotopic (exact) mass is 320 g/mol. The van der Waals surface area contributed by atoms with Crippen molar-refractivity contribution in [2.75, 3.05) is 19.7 Å². The quantitative estimate of drug-likeness (QED) is 0.936. The van der Waals surface area contributed by atoms with Crippen LogP contribution in [0, 0.1) is 12.8 Å². The number of aromatic nitrogens is 1. The van der Waals surface area contributed by atoms with Gasteiger partial charge in [-0.25, -0.2) is 4.98 Å². The first-order valence-corrected chi connectivity index (χ1v) is 8.09. The molecule has 1 N–H and O–H groups in total. The summed E-state index contributed by atoms with van der Waals surface area (Å²) in [6, 6.07) is 7.54. The lowest BCUT2D eigenvalue weighted by Crippen LogP contribution is -2.36. The van der Waals surface area contributed by atoms with Gasteiger partial charge in [-0.1, -0.05) is 17.7 Å². The predicted molar refractivity (Wildman–Crippen MR) is 86.8 cm³/mol. The van der Waals surface area contributed by atoms with Crippen LogP contribution in [0.5, 0.6) is 0 Å². The molecule has 2 aromatic rings. The summed E-state index contributed by atoms with van der Waals surface area (Å²) in [5.41, 5.74) is 1.86. The zero-order valence-electron chi connectivity index (χ0n) is 12.8. The lowest BCUT2D eigenvalue weighted by molar-refractivity contribution is 0.115. The topological polar surface area (TPSA) is 49.5 Å². The smallest absolute Gasteiger partial charge is 0.226 e. The Hall–Kier alpha value is -1.36. The summed E-state index contributed by atoms with van der Waals surface area (Å²) in [5, 5.41) is 10.0. The van der Waals surface area contributed by atoms with Crippen LogP contribution in [0.25, 0.3) is 11.5 Å². The van der Waals surface area contributed by atoms with Crippen molar-refractivity contribution in [3.63, 3.8) is 0 Å². The van der Waals surface area contributed by atoms with E-state index < -0.39 is 0 Å². The molecule has 0 spiro atoms. The van der Waals surface area contributed by atoms with E-state index in [9.17, 15) is 5.11 Å². The average molecular weight is 321 g/mol. The van der Waals surface area contributed by atoms with E-state index in [0.29, 0.717) is 16.8 Å². The summed E-state index contributed by atoms with van der Waals surface area (Å²) >= 11 is 6.03. The first-order chi connectivity index (χ1) is 10.7. The van der Waals surface area contributed by atoms with Crippen molar-refractivity contribution < 1.29 is 9.52 Å². The number of hydrogen-bond acceptors (Lipinski definition) is 4. The summed E-state index contributed by atoms with van der Waals surface area (Å²) in [4.78, 5) is 6.98. The highest BCUT2D eigenvalue weighted by atomic mass is 35.5. The van der Waals surface area contributed by atoms with Crippen LogP contribution in [0.2, 0.25) is 5.02 Å². The molecule has 1 aromatic carbocycles. The SMILES string of the molecule is Cc1oc(-c2cccc(Cl)c2)nc1CN1CCCC(CO)C1. The molecule has 0 amide bonds. The van der Waals surface area contributed by atoms with E-state index in [2.05, 4.69) is 9.88 Å². The van der Waals surface area contributed by atoms with Gasteiger partial charge in [0.2, 0.25) is 5.89 Å². The van der Waals surface area contributed by atoms with E-state index in [-0.39, 0.29) is 6.61 Å². The second-order valence-corrected chi connectivity index (χ2v) is 6.39. The van der Waals surface area contributed by atoms with E-state index in [1.807, 2.05) is 31.2 Å². The van der Waals surface area contributed by atoms with Gasteiger partial charge in [0.1, 0.15) is 5.76 Å². The van der Waals surface area contributed by atoms with Crippen LogP contribution in [0.1, 0.15) is 24.3 Å². The molecule has 4 nitrogen and oxygen atoms in total. The lowest BCUT2D eigenvalue weighted by Gasteiger charge is -2.31. The van der Waals surface area contributed by atoms with Crippen molar-refractivity contribution in [1.29, 1.82) is 0 Å². The molecule has 1 fully saturated rings. The summed E-state index contributed by atoms with van der Waals surface area (Å²) in [6.07, 6.45) is 2.24. The summed E-state index contributed by atoms with van der Waals surface area (Å²) in [5.74, 6) is 1.85. The number of hydrogen-bond donors (Lipinski definition) is 1. The minimum absolute atomic E-state index is 0.266. The Labute approximate surface area is 135 Å². The highest BCUT2D eigenvalue weighted by Gasteiger charge is 2.21. The van der Waals surface area contributed by atoms with E-state index in [0.717, 1.165) is 49.5 Å². The molecule has 5 heteroatoms. The second-order valence-electron chi connectivity index (χ2n) is 5.96. The number of halogens is 1. The number of aliphatic hydroxyl groups excluding tert-OH is 1. The van der Waals surface area contributed by atoms with Crippen LogP contribution < -0.4 is 0 Å². The zero-order chi connectivity index (χ0) is 15.5. The van der Waals surface area contributed by atoms with Gasteiger partial charge in [0.05, 0.1) is 5.69 Å². The fourth-order valence-corrected chi connectivity index (χ4v) is 3.17. The maximum atomic E-state index is 9.33. The minimum atomic E-state index is 0.266. The molecule has 1 atom stereocenters. The Morgan fingerprint density at radius 3 is 3.09 bits per heavy atom. The Morgan fingerprint density at radius 1 is 1.45 bits per heavy atom. The van der Waals surface area contributed by atoms with Crippen molar-refractivity contribution >= 4 is 11.6 Å². The Balaban J connectivity index is 1.75. The van der Waals surface area contributed by atoms with Gasteiger partial charge < -0.3 is 9.52 Å². The Morgan fingerprint density at radius 2 is 2.32 bits per heavy atom. The van der Waals surface area contributed by atoms with E-state index >= 15 is 0 Å². The maximum Gasteiger partial charge on any atom is 0.226 e. The molecule has 0 aliphatic carbocycles. The van der Waals surface area contributed by atoms with Gasteiger partial charge in [0.15, 0.2) is 0 Å². The van der Waals surface area contributed by atoms with Gasteiger partial charge in [-0.15, -0.1) is 0 Å². The fourth-order valence-electron chi connectivity index (χ4n) is 2.98. The normalized spacial score (nSPS) is 19.5. The largest absolute Gasteiger partial charge is 0.441 e. The van der Waals surface area contributed by atoms with Gasteiger partial charge in [-0.05, 0) is 50.4 Å². The van der Waals surface area contributed by atoms with E-state index in [1.54, 1.807) is 0 Å². The maximum absolute atomic E-state index is 9.33. The van der Waals surface area contributed by atoms with Gasteiger partial charge in [0, 0.05) is 30.3 Å². The fraction of sp³-hybridized carbons (Fsp3) is 0.471. The molecule has 0 saturated carbocycles. The van der Waals surface area contributed by atoms with Crippen molar-refractivity contribution in [2.45, 2.75) is 26.3 Å². The van der Waals surface area contributed by atoms with Crippen molar-refractivity contribution in [3.05, 3.63) is 40.7 Å². The van der Waals surface area contributed by atoms with Crippen molar-refractivity contribution in [3.8, 4) is 11.5 Å². The number of oxazole rings is 1. The first kappa shape index (κ1) is 15.5. The molecule has 2 heterocycles. The second kappa shape index (κ2) is 6.82. The summed E-state index contributed by atoms with van der Waals surface area (Å²) in [7, 11) is 0. The molecule has 1 saturated heterocycles. The molecule has 0 bridgehead atoms. The Kier molecular flexibility index (Phi) is 4.81. The third-order valence-electron chi connectivity index (χ3n) is 4.20. The van der Waals surface area contributed by atoms with E-state index in [1.165, 1.54) is 0 Å². The Bertz CT molecular complexity index is 641. The third-order valence-corrected chi connectivity index (χ3v) is 4.43. The molecular weight excluding hydrogens is 300 g/mol. The van der Waals surface area contributed by atoms with Crippen LogP contribution in [-0.2, 0) is 6.54 Å². The molecule has 1 aliphatic rings. The van der Waals surface area contributed by atoms with Gasteiger partial charge in [-0.3, -0.25) is 4.90 Å². The number of benzene rings is 1. The predicted octanol–water partition coefficient (Wildman–Crippen LogP) is 3.51. The molecule has 1 aromatic heterocycles. The summed E-state index contributed by atoms with van der Waals surface area (Å²) < 4.78 is 5.80. The van der Waals surface area contributed by atoms with Crippen molar-refractivity contribution in [1.82, 2.24) is 9.88 Å². The number of piperidine rings is 1. The standard InChI is InChI=1S/C17H21ClN2O2/c1-12-16(10-20-7-3-4-13(9-20)11-21)19-17(22-12)14-5-2-6-15(18)8-14/h2,5-6,8,13,21H,3-4,7,9-11H2,1H3. The van der Waals surface area contributed by atoms with Crippen molar-refractivity contribution in [2.24, 2.45) is 5.92 Å². The molecule has 1 unspecified atom stereocenters. The molecular formula is C17H21ClN2O2. The van der Waals surface area contributed by atoms with E-state index in [4.69, 9.17) is 16.0 Å². The van der Waals surface area contributed by atoms with Crippen LogP contribution >= 0.6 is 11.6 Å². The molecule has 0 radical (unpaired) electrons. The zero-order valence-corrected chi connectivity index (χ0v) is 13.5. The van der Waals surface area contributed by atoms with Crippen LogP contribution in [-0.4, -0.2) is 34.7 Å². The third kappa shape index (κ3) is 3.51. The van der Waals surface area contributed by atoms with Crippen LogP contribution in [0.3, 0.4) is 0 Å². The van der Waals surface area contributed by atoms with Gasteiger partial charge in [-0.2, -0.15) is 0 Å². The number of nitrogens with zero attached hydrogens (tertiary/aromatic N) is 2. The lowest BCUT2D eigenvalue weighted by atomic mass is 9.99. The molecule has 1 aliphatic heterocycles. The van der Waals surface area contributed by atoms with Crippen LogP contribution in [0.15, 0.2) is 28.7 Å².